The average molecular weight is 179 g/mol. The molecule has 3 nitrogen and oxygen atoms in total. The Hall–Kier alpha value is -1.25. The van der Waals surface area contributed by atoms with Crippen LogP contribution in [0.2, 0.25) is 0 Å². The Morgan fingerprint density at radius 1 is 1.54 bits per heavy atom. The lowest BCUT2D eigenvalue weighted by Crippen LogP contribution is -1.94. The van der Waals surface area contributed by atoms with Crippen LogP contribution in [0.25, 0.3) is 0 Å². The van der Waals surface area contributed by atoms with Crippen LogP contribution in [0.1, 0.15) is 20.3 Å². The van der Waals surface area contributed by atoms with E-state index in [4.69, 9.17) is 5.73 Å². The topological polar surface area (TPSA) is 43.8 Å². The van der Waals surface area contributed by atoms with E-state index >= 15 is 0 Å². The zero-order valence-corrected chi connectivity index (χ0v) is 8.27. The van der Waals surface area contributed by atoms with E-state index in [1.165, 1.54) is 0 Å². The summed E-state index contributed by atoms with van der Waals surface area (Å²) >= 11 is 0. The fourth-order valence-corrected chi connectivity index (χ4v) is 1.03. The summed E-state index contributed by atoms with van der Waals surface area (Å²) in [7, 11) is 0. The average Bonchev–Trinajstić information content (AvgIpc) is 2.45. The van der Waals surface area contributed by atoms with Crippen molar-refractivity contribution >= 4 is 5.69 Å². The molecule has 1 aromatic heterocycles. The summed E-state index contributed by atoms with van der Waals surface area (Å²) in [5, 5.41) is 4.07. The van der Waals surface area contributed by atoms with Gasteiger partial charge in [0.1, 0.15) is 0 Å². The van der Waals surface area contributed by atoms with E-state index in [0.29, 0.717) is 0 Å². The highest BCUT2D eigenvalue weighted by Gasteiger charge is 1.90. The van der Waals surface area contributed by atoms with Crippen LogP contribution >= 0.6 is 0 Å². The first-order valence-electron chi connectivity index (χ1n) is 4.61. The summed E-state index contributed by atoms with van der Waals surface area (Å²) in [6, 6.07) is 0. The van der Waals surface area contributed by atoms with E-state index in [-0.39, 0.29) is 0 Å². The van der Waals surface area contributed by atoms with Gasteiger partial charge in [-0.05, 0) is 12.3 Å². The Labute approximate surface area is 79.2 Å². The van der Waals surface area contributed by atoms with Crippen LogP contribution in [-0.2, 0) is 6.54 Å². The van der Waals surface area contributed by atoms with E-state index in [2.05, 4.69) is 31.1 Å². The summed E-state index contributed by atoms with van der Waals surface area (Å²) in [4.78, 5) is 0. The van der Waals surface area contributed by atoms with Crippen molar-refractivity contribution in [1.29, 1.82) is 0 Å². The van der Waals surface area contributed by atoms with Crippen molar-refractivity contribution < 1.29 is 0 Å². The molecule has 0 unspecified atom stereocenters. The van der Waals surface area contributed by atoms with E-state index in [0.717, 1.165) is 24.6 Å². The second-order valence-corrected chi connectivity index (χ2v) is 3.60. The van der Waals surface area contributed by atoms with E-state index < -0.39 is 0 Å². The largest absolute Gasteiger partial charge is 0.396 e. The Morgan fingerprint density at radius 2 is 2.31 bits per heavy atom. The summed E-state index contributed by atoms with van der Waals surface area (Å²) in [5.74, 6) is 0.721. The molecule has 0 spiro atoms. The van der Waals surface area contributed by atoms with Crippen LogP contribution in [0, 0.1) is 5.92 Å². The Balaban J connectivity index is 2.30. The number of anilines is 1. The molecule has 0 aromatic carbocycles. The molecule has 72 valence electrons. The molecule has 1 aromatic rings. The van der Waals surface area contributed by atoms with Crippen LogP contribution in [0.15, 0.2) is 24.5 Å². The molecule has 2 N–H and O–H groups in total. The zero-order chi connectivity index (χ0) is 9.68. The molecule has 13 heavy (non-hydrogen) atoms. The van der Waals surface area contributed by atoms with Gasteiger partial charge >= 0.3 is 0 Å². The third-order valence-corrected chi connectivity index (χ3v) is 1.72. The molecule has 0 bridgehead atoms. The minimum Gasteiger partial charge on any atom is -0.396 e. The van der Waals surface area contributed by atoms with E-state index in [1.54, 1.807) is 6.20 Å². The van der Waals surface area contributed by atoms with Gasteiger partial charge in [0.05, 0.1) is 18.4 Å². The van der Waals surface area contributed by atoms with Crippen molar-refractivity contribution in [2.75, 3.05) is 5.73 Å². The van der Waals surface area contributed by atoms with Gasteiger partial charge in [-0.25, -0.2) is 0 Å². The quantitative estimate of drug-likeness (QED) is 0.719. The molecule has 1 heterocycles. The van der Waals surface area contributed by atoms with Crippen LogP contribution in [0.5, 0.6) is 0 Å². The number of hydrogen-bond donors (Lipinski definition) is 1. The van der Waals surface area contributed by atoms with Gasteiger partial charge in [-0.3, -0.25) is 4.68 Å². The van der Waals surface area contributed by atoms with Crippen LogP contribution in [0.3, 0.4) is 0 Å². The van der Waals surface area contributed by atoms with Gasteiger partial charge < -0.3 is 5.73 Å². The highest BCUT2D eigenvalue weighted by atomic mass is 15.3. The van der Waals surface area contributed by atoms with Crippen molar-refractivity contribution in [3.8, 4) is 0 Å². The summed E-state index contributed by atoms with van der Waals surface area (Å²) in [6.07, 6.45) is 8.92. The molecule has 0 atom stereocenters. The van der Waals surface area contributed by atoms with Crippen molar-refractivity contribution in [2.24, 2.45) is 5.92 Å². The molecule has 3 heteroatoms. The summed E-state index contributed by atoms with van der Waals surface area (Å²) in [5.41, 5.74) is 6.24. The molecule has 1 rings (SSSR count). The fraction of sp³-hybridized carbons (Fsp3) is 0.500. The SMILES string of the molecule is CC(C)C/C=C/Cn1cc(N)cn1. The second-order valence-electron chi connectivity index (χ2n) is 3.60. The highest BCUT2D eigenvalue weighted by Crippen LogP contribution is 2.01. The number of nitrogens with two attached hydrogens (primary N) is 1. The number of aromatic nitrogens is 2. The van der Waals surface area contributed by atoms with Gasteiger partial charge in [0, 0.05) is 6.20 Å². The maximum Gasteiger partial charge on any atom is 0.0719 e. The first-order valence-corrected chi connectivity index (χ1v) is 4.61. The molecule has 0 saturated carbocycles. The smallest absolute Gasteiger partial charge is 0.0719 e. The predicted molar refractivity (Wildman–Crippen MR) is 55.2 cm³/mol. The number of rotatable bonds is 4. The number of allylic oxidation sites excluding steroid dienone is 2. The second kappa shape index (κ2) is 4.70. The number of nitrogen functional groups attached to an aromatic ring is 1. The van der Waals surface area contributed by atoms with Gasteiger partial charge in [0.15, 0.2) is 0 Å². The molecule has 0 radical (unpaired) electrons. The Morgan fingerprint density at radius 3 is 2.85 bits per heavy atom. The lowest BCUT2D eigenvalue weighted by atomic mass is 10.1. The van der Waals surface area contributed by atoms with Crippen molar-refractivity contribution in [2.45, 2.75) is 26.8 Å². The normalized spacial score (nSPS) is 11.6. The monoisotopic (exact) mass is 179 g/mol. The van der Waals surface area contributed by atoms with E-state index in [1.807, 2.05) is 10.9 Å². The molecule has 0 fully saturated rings. The molecule has 0 aliphatic heterocycles. The molecular formula is C10H17N3. The molecule has 0 aliphatic rings. The summed E-state index contributed by atoms with van der Waals surface area (Å²) < 4.78 is 1.83. The van der Waals surface area contributed by atoms with Crippen molar-refractivity contribution in [3.05, 3.63) is 24.5 Å². The zero-order valence-electron chi connectivity index (χ0n) is 8.27. The third kappa shape index (κ3) is 3.78. The van der Waals surface area contributed by atoms with Gasteiger partial charge in [-0.2, -0.15) is 5.10 Å². The van der Waals surface area contributed by atoms with Crippen LogP contribution in [0.4, 0.5) is 5.69 Å². The Kier molecular flexibility index (Phi) is 3.55. The molecule has 0 amide bonds. The predicted octanol–water partition coefficient (Wildman–Crippen LogP) is 2.07. The molecule has 0 saturated heterocycles. The van der Waals surface area contributed by atoms with Gasteiger partial charge in [0.25, 0.3) is 0 Å². The van der Waals surface area contributed by atoms with Crippen LogP contribution < -0.4 is 5.73 Å². The maximum atomic E-state index is 5.52. The lowest BCUT2D eigenvalue weighted by Gasteiger charge is -1.97. The van der Waals surface area contributed by atoms with E-state index in [9.17, 15) is 0 Å². The van der Waals surface area contributed by atoms with Crippen molar-refractivity contribution in [3.63, 3.8) is 0 Å². The highest BCUT2D eigenvalue weighted by molar-refractivity contribution is 5.30. The standard InChI is InChI=1S/C10H17N3/c1-9(2)5-3-4-6-13-8-10(11)7-12-13/h3-4,7-9H,5-6,11H2,1-2H3/b4-3+. The van der Waals surface area contributed by atoms with Gasteiger partial charge in [-0.1, -0.05) is 26.0 Å². The lowest BCUT2D eigenvalue weighted by molar-refractivity contribution is 0.654. The third-order valence-electron chi connectivity index (χ3n) is 1.72. The Bertz CT molecular complexity index is 273. The summed E-state index contributed by atoms with van der Waals surface area (Å²) in [6.45, 7) is 5.22. The number of hydrogen-bond acceptors (Lipinski definition) is 2. The fourth-order valence-electron chi connectivity index (χ4n) is 1.03. The number of nitrogens with zero attached hydrogens (tertiary/aromatic N) is 2. The minimum absolute atomic E-state index is 0.720. The van der Waals surface area contributed by atoms with Crippen LogP contribution in [-0.4, -0.2) is 9.78 Å². The first-order chi connectivity index (χ1) is 6.18. The van der Waals surface area contributed by atoms with Crippen molar-refractivity contribution in [1.82, 2.24) is 9.78 Å². The maximum absolute atomic E-state index is 5.52. The minimum atomic E-state index is 0.720. The molecule has 0 aliphatic carbocycles. The van der Waals surface area contributed by atoms with Gasteiger partial charge in [-0.15, -0.1) is 0 Å². The molecular weight excluding hydrogens is 162 g/mol. The van der Waals surface area contributed by atoms with Gasteiger partial charge in [0.2, 0.25) is 0 Å². The first kappa shape index (κ1) is 9.84.